The molecule has 1 saturated heterocycles. The predicted octanol–water partition coefficient (Wildman–Crippen LogP) is 3.14. The monoisotopic (exact) mass is 311 g/mol. The molecule has 4 nitrogen and oxygen atoms in total. The zero-order valence-electron chi connectivity index (χ0n) is 13.5. The first-order valence-electron chi connectivity index (χ1n) is 7.95. The smallest absolute Gasteiger partial charge is 0.289 e. The predicted molar refractivity (Wildman–Crippen MR) is 88.6 cm³/mol. The van der Waals surface area contributed by atoms with Crippen LogP contribution >= 0.6 is 0 Å². The number of carbonyl (C=O) groups is 1. The Morgan fingerprint density at radius 2 is 1.96 bits per heavy atom. The van der Waals surface area contributed by atoms with Crippen molar-refractivity contribution in [1.82, 2.24) is 4.90 Å². The second kappa shape index (κ2) is 6.03. The van der Waals surface area contributed by atoms with Crippen LogP contribution in [0.2, 0.25) is 0 Å². The van der Waals surface area contributed by atoms with Crippen molar-refractivity contribution in [3.05, 3.63) is 69.8 Å². The number of benzene rings is 1. The molecule has 23 heavy (non-hydrogen) atoms. The molecule has 1 aromatic carbocycles. The molecular formula is C19H21NO3. The van der Waals surface area contributed by atoms with Crippen LogP contribution in [0.15, 0.2) is 51.7 Å². The van der Waals surface area contributed by atoms with E-state index < -0.39 is 0 Å². The van der Waals surface area contributed by atoms with Crippen LogP contribution in [0.5, 0.6) is 0 Å². The number of amides is 1. The van der Waals surface area contributed by atoms with Gasteiger partial charge in [0.2, 0.25) is 0 Å². The standard InChI is InChI=1S/C19H21NO3/c1-14-11-16(21)12-17(23-14)18(22)20-10-6-9-19(2,13-20)15-7-4-3-5-8-15/h3-5,7-8,11-12H,6,9-10,13H2,1-2H3. The summed E-state index contributed by atoms with van der Waals surface area (Å²) in [5.41, 5.74) is 0.974. The Morgan fingerprint density at radius 3 is 2.65 bits per heavy atom. The number of likely N-dealkylation sites (tertiary alicyclic amines) is 1. The van der Waals surface area contributed by atoms with Crippen molar-refractivity contribution in [1.29, 1.82) is 0 Å². The van der Waals surface area contributed by atoms with E-state index in [0.717, 1.165) is 12.8 Å². The number of hydrogen-bond acceptors (Lipinski definition) is 3. The summed E-state index contributed by atoms with van der Waals surface area (Å²) >= 11 is 0. The minimum atomic E-state index is -0.201. The number of carbonyl (C=O) groups excluding carboxylic acids is 1. The summed E-state index contributed by atoms with van der Waals surface area (Å²) in [5.74, 6) is 0.392. The van der Waals surface area contributed by atoms with Crippen molar-refractivity contribution in [3.8, 4) is 0 Å². The van der Waals surface area contributed by atoms with Crippen LogP contribution in [0, 0.1) is 6.92 Å². The molecule has 1 aliphatic heterocycles. The molecule has 0 radical (unpaired) electrons. The molecule has 1 aromatic heterocycles. The van der Waals surface area contributed by atoms with Crippen LogP contribution in [-0.2, 0) is 5.41 Å². The van der Waals surface area contributed by atoms with Crippen molar-refractivity contribution in [3.63, 3.8) is 0 Å². The molecule has 1 unspecified atom stereocenters. The quantitative estimate of drug-likeness (QED) is 0.856. The van der Waals surface area contributed by atoms with Gasteiger partial charge >= 0.3 is 0 Å². The van der Waals surface area contributed by atoms with E-state index in [1.807, 2.05) is 18.2 Å². The van der Waals surface area contributed by atoms with Gasteiger partial charge in [-0.2, -0.15) is 0 Å². The molecule has 2 aromatic rings. The van der Waals surface area contributed by atoms with Gasteiger partial charge in [0, 0.05) is 30.6 Å². The van der Waals surface area contributed by atoms with Crippen molar-refractivity contribution >= 4 is 5.91 Å². The summed E-state index contributed by atoms with van der Waals surface area (Å²) in [7, 11) is 0. The largest absolute Gasteiger partial charge is 0.456 e. The van der Waals surface area contributed by atoms with Gasteiger partial charge in [-0.15, -0.1) is 0 Å². The number of hydrogen-bond donors (Lipinski definition) is 0. The van der Waals surface area contributed by atoms with E-state index >= 15 is 0 Å². The maximum Gasteiger partial charge on any atom is 0.289 e. The second-order valence-electron chi connectivity index (χ2n) is 6.52. The van der Waals surface area contributed by atoms with Crippen LogP contribution in [0.4, 0.5) is 0 Å². The van der Waals surface area contributed by atoms with Gasteiger partial charge in [-0.05, 0) is 25.3 Å². The Bertz CT molecular complexity index is 766. The number of nitrogens with zero attached hydrogens (tertiary/aromatic N) is 1. The molecule has 1 atom stereocenters. The number of piperidine rings is 1. The first-order chi connectivity index (χ1) is 11.0. The number of rotatable bonds is 2. The summed E-state index contributed by atoms with van der Waals surface area (Å²) in [6.07, 6.45) is 1.98. The lowest BCUT2D eigenvalue weighted by Crippen LogP contribution is -2.47. The molecular weight excluding hydrogens is 290 g/mol. The highest BCUT2D eigenvalue weighted by atomic mass is 16.3. The Kier molecular flexibility index (Phi) is 4.07. The molecule has 120 valence electrons. The van der Waals surface area contributed by atoms with Gasteiger partial charge in [-0.25, -0.2) is 0 Å². The molecule has 4 heteroatoms. The van der Waals surface area contributed by atoms with Crippen LogP contribution in [0.1, 0.15) is 41.6 Å². The van der Waals surface area contributed by atoms with Gasteiger partial charge in [0.25, 0.3) is 5.91 Å². The maximum atomic E-state index is 12.7. The zero-order valence-corrected chi connectivity index (χ0v) is 13.5. The fraction of sp³-hybridized carbons (Fsp3) is 0.368. The highest BCUT2D eigenvalue weighted by molar-refractivity contribution is 5.91. The summed E-state index contributed by atoms with van der Waals surface area (Å²) in [4.78, 5) is 26.1. The van der Waals surface area contributed by atoms with Gasteiger partial charge in [0.15, 0.2) is 11.2 Å². The van der Waals surface area contributed by atoms with E-state index in [9.17, 15) is 9.59 Å². The Morgan fingerprint density at radius 1 is 1.22 bits per heavy atom. The molecule has 0 bridgehead atoms. The van der Waals surface area contributed by atoms with Gasteiger partial charge in [-0.3, -0.25) is 9.59 Å². The van der Waals surface area contributed by atoms with Crippen molar-refractivity contribution in [2.75, 3.05) is 13.1 Å². The Balaban J connectivity index is 1.86. The molecule has 3 rings (SSSR count). The Hall–Kier alpha value is -2.36. The van der Waals surface area contributed by atoms with E-state index in [4.69, 9.17) is 4.42 Å². The summed E-state index contributed by atoms with van der Waals surface area (Å²) < 4.78 is 5.46. The molecule has 1 fully saturated rings. The minimum Gasteiger partial charge on any atom is -0.456 e. The molecule has 0 spiro atoms. The SMILES string of the molecule is Cc1cc(=O)cc(C(=O)N2CCCC(C)(c3ccccc3)C2)o1. The van der Waals surface area contributed by atoms with Gasteiger partial charge in [-0.1, -0.05) is 37.3 Å². The summed E-state index contributed by atoms with van der Waals surface area (Å²) in [6.45, 7) is 5.20. The molecule has 1 amide bonds. The summed E-state index contributed by atoms with van der Waals surface area (Å²) in [5, 5.41) is 0. The van der Waals surface area contributed by atoms with Crippen LogP contribution in [0.25, 0.3) is 0 Å². The Labute approximate surface area is 135 Å². The van der Waals surface area contributed by atoms with Gasteiger partial charge in [0.05, 0.1) is 0 Å². The fourth-order valence-electron chi connectivity index (χ4n) is 3.35. The highest BCUT2D eigenvalue weighted by Crippen LogP contribution is 2.34. The normalized spacial score (nSPS) is 21.2. The molecule has 0 saturated carbocycles. The van der Waals surface area contributed by atoms with Gasteiger partial charge < -0.3 is 9.32 Å². The minimum absolute atomic E-state index is 0.0701. The van der Waals surface area contributed by atoms with E-state index in [-0.39, 0.29) is 22.5 Å². The average Bonchev–Trinajstić information content (AvgIpc) is 2.54. The molecule has 0 N–H and O–H groups in total. The van der Waals surface area contributed by atoms with Crippen molar-refractivity contribution < 1.29 is 9.21 Å². The molecule has 2 heterocycles. The molecule has 0 aliphatic carbocycles. The van der Waals surface area contributed by atoms with E-state index in [1.165, 1.54) is 17.7 Å². The van der Waals surface area contributed by atoms with E-state index in [2.05, 4.69) is 19.1 Å². The lowest BCUT2D eigenvalue weighted by Gasteiger charge is -2.40. The lowest BCUT2D eigenvalue weighted by atomic mass is 9.76. The third kappa shape index (κ3) is 3.21. The topological polar surface area (TPSA) is 50.5 Å². The first kappa shape index (κ1) is 15.5. The van der Waals surface area contributed by atoms with E-state index in [0.29, 0.717) is 18.8 Å². The maximum absolute atomic E-state index is 12.7. The highest BCUT2D eigenvalue weighted by Gasteiger charge is 2.35. The first-order valence-corrected chi connectivity index (χ1v) is 7.95. The third-order valence-electron chi connectivity index (χ3n) is 4.55. The van der Waals surface area contributed by atoms with Gasteiger partial charge in [0.1, 0.15) is 5.76 Å². The second-order valence-corrected chi connectivity index (χ2v) is 6.52. The van der Waals surface area contributed by atoms with Crippen LogP contribution in [-0.4, -0.2) is 23.9 Å². The van der Waals surface area contributed by atoms with E-state index in [1.54, 1.807) is 11.8 Å². The summed E-state index contributed by atoms with van der Waals surface area (Å²) in [6, 6.07) is 13.0. The third-order valence-corrected chi connectivity index (χ3v) is 4.55. The van der Waals surface area contributed by atoms with Crippen LogP contribution in [0.3, 0.4) is 0 Å². The number of aryl methyl sites for hydroxylation is 1. The lowest BCUT2D eigenvalue weighted by molar-refractivity contribution is 0.0614. The van der Waals surface area contributed by atoms with Crippen molar-refractivity contribution in [2.24, 2.45) is 0 Å². The molecule has 1 aliphatic rings. The zero-order chi connectivity index (χ0) is 16.4. The fourth-order valence-corrected chi connectivity index (χ4v) is 3.35. The van der Waals surface area contributed by atoms with Crippen LogP contribution < -0.4 is 5.43 Å². The average molecular weight is 311 g/mol. The van der Waals surface area contributed by atoms with Crippen molar-refractivity contribution in [2.45, 2.75) is 32.1 Å².